The van der Waals surface area contributed by atoms with Gasteiger partial charge in [-0.1, -0.05) is 23.7 Å². The lowest BCUT2D eigenvalue weighted by Gasteiger charge is -2.15. The van der Waals surface area contributed by atoms with Crippen molar-refractivity contribution >= 4 is 34.9 Å². The monoisotopic (exact) mass is 346 g/mol. The van der Waals surface area contributed by atoms with Gasteiger partial charge in [-0.25, -0.2) is 4.79 Å². The first-order valence-electron chi connectivity index (χ1n) is 7.41. The van der Waals surface area contributed by atoms with Gasteiger partial charge in [0, 0.05) is 30.5 Å². The molecule has 1 amide bonds. The molecule has 5 nitrogen and oxygen atoms in total. The van der Waals surface area contributed by atoms with Crippen LogP contribution in [0, 0.1) is 0 Å². The molecule has 0 saturated heterocycles. The summed E-state index contributed by atoms with van der Waals surface area (Å²) in [6.45, 7) is 1.52. The second kappa shape index (κ2) is 7.84. The van der Waals surface area contributed by atoms with E-state index in [1.54, 1.807) is 42.5 Å². The Morgan fingerprint density at radius 1 is 1.12 bits per heavy atom. The molecule has 0 unspecified atom stereocenters. The highest BCUT2D eigenvalue weighted by Crippen LogP contribution is 2.17. The van der Waals surface area contributed by atoms with E-state index in [-0.39, 0.29) is 0 Å². The van der Waals surface area contributed by atoms with Crippen LogP contribution >= 0.6 is 11.6 Å². The first kappa shape index (κ1) is 17.8. The van der Waals surface area contributed by atoms with Crippen LogP contribution in [0.5, 0.6) is 0 Å². The highest BCUT2D eigenvalue weighted by Gasteiger charge is 2.19. The molecule has 0 heterocycles. The fourth-order valence-electron chi connectivity index (χ4n) is 2.00. The van der Waals surface area contributed by atoms with Crippen LogP contribution in [0.25, 0.3) is 0 Å². The zero-order valence-electron chi connectivity index (χ0n) is 13.7. The van der Waals surface area contributed by atoms with E-state index in [0.29, 0.717) is 16.3 Å². The van der Waals surface area contributed by atoms with E-state index in [1.165, 1.54) is 6.92 Å². The average Bonchev–Trinajstić information content (AvgIpc) is 2.54. The number of nitrogens with zero attached hydrogens (tertiary/aromatic N) is 1. The van der Waals surface area contributed by atoms with E-state index in [9.17, 15) is 9.59 Å². The minimum atomic E-state index is -0.931. The number of ether oxygens (including phenoxy) is 1. The Morgan fingerprint density at radius 2 is 1.83 bits per heavy atom. The highest BCUT2D eigenvalue weighted by molar-refractivity contribution is 6.30. The molecule has 0 fully saturated rings. The van der Waals surface area contributed by atoms with E-state index in [2.05, 4.69) is 5.32 Å². The van der Waals surface area contributed by atoms with Crippen LogP contribution in [0.2, 0.25) is 5.02 Å². The van der Waals surface area contributed by atoms with Crippen molar-refractivity contribution in [2.75, 3.05) is 24.3 Å². The van der Waals surface area contributed by atoms with E-state index in [0.717, 1.165) is 5.69 Å². The topological polar surface area (TPSA) is 58.6 Å². The summed E-state index contributed by atoms with van der Waals surface area (Å²) in [7, 11) is 3.76. The Morgan fingerprint density at radius 3 is 2.50 bits per heavy atom. The Balaban J connectivity index is 2.00. The molecular formula is C18H19ClN2O3. The Labute approximate surface area is 146 Å². The lowest BCUT2D eigenvalue weighted by atomic mass is 10.2. The molecule has 126 valence electrons. The number of rotatable bonds is 5. The van der Waals surface area contributed by atoms with Gasteiger partial charge in [-0.2, -0.15) is 0 Å². The molecule has 2 rings (SSSR count). The number of amides is 1. The SMILES string of the molecule is C[C@@H](OC(=O)c1cccc(N(C)C)c1)C(=O)Nc1cccc(Cl)c1. The first-order chi connectivity index (χ1) is 11.4. The molecule has 2 aromatic rings. The zero-order valence-corrected chi connectivity index (χ0v) is 14.5. The minimum absolute atomic E-state index is 0.392. The summed E-state index contributed by atoms with van der Waals surface area (Å²) < 4.78 is 5.23. The van der Waals surface area contributed by atoms with E-state index in [1.807, 2.05) is 25.1 Å². The number of hydrogen-bond donors (Lipinski definition) is 1. The van der Waals surface area contributed by atoms with E-state index in [4.69, 9.17) is 16.3 Å². The fraction of sp³-hybridized carbons (Fsp3) is 0.222. The van der Waals surface area contributed by atoms with Gasteiger partial charge in [0.05, 0.1) is 5.56 Å². The maximum Gasteiger partial charge on any atom is 0.338 e. The molecule has 6 heteroatoms. The second-order valence-corrected chi connectivity index (χ2v) is 5.93. The molecule has 0 aromatic heterocycles. The Bertz CT molecular complexity index is 747. The predicted molar refractivity (Wildman–Crippen MR) is 95.7 cm³/mol. The number of nitrogens with one attached hydrogen (secondary N) is 1. The van der Waals surface area contributed by atoms with Crippen LogP contribution in [0.4, 0.5) is 11.4 Å². The van der Waals surface area contributed by atoms with Crippen LogP contribution < -0.4 is 10.2 Å². The summed E-state index contributed by atoms with van der Waals surface area (Å²) in [5, 5.41) is 3.17. The molecule has 0 aliphatic rings. The Hall–Kier alpha value is -2.53. The molecule has 0 aliphatic heterocycles. The molecule has 1 atom stereocenters. The quantitative estimate of drug-likeness (QED) is 0.840. The normalized spacial score (nSPS) is 11.5. The largest absolute Gasteiger partial charge is 0.449 e. The molecule has 0 saturated carbocycles. The third-order valence-electron chi connectivity index (χ3n) is 3.34. The van der Waals surface area contributed by atoms with Crippen LogP contribution in [-0.4, -0.2) is 32.1 Å². The number of carbonyl (C=O) groups excluding carboxylic acids is 2. The molecule has 0 aliphatic carbocycles. The zero-order chi connectivity index (χ0) is 17.7. The predicted octanol–water partition coefficient (Wildman–Crippen LogP) is 3.59. The van der Waals surface area contributed by atoms with E-state index < -0.39 is 18.0 Å². The van der Waals surface area contributed by atoms with Gasteiger partial charge in [0.1, 0.15) is 0 Å². The number of benzene rings is 2. The minimum Gasteiger partial charge on any atom is -0.449 e. The highest BCUT2D eigenvalue weighted by atomic mass is 35.5. The van der Waals surface area contributed by atoms with Crippen molar-refractivity contribution in [1.82, 2.24) is 0 Å². The van der Waals surface area contributed by atoms with Gasteiger partial charge in [0.2, 0.25) is 0 Å². The standard InChI is InChI=1S/C18H19ClN2O3/c1-12(17(22)20-15-8-5-7-14(19)11-15)24-18(23)13-6-4-9-16(10-13)21(2)3/h4-12H,1-3H3,(H,20,22)/t12-/m1/s1. The molecular weight excluding hydrogens is 328 g/mol. The summed E-state index contributed by atoms with van der Waals surface area (Å²) in [5.74, 6) is -0.971. The number of carbonyl (C=O) groups is 2. The average molecular weight is 347 g/mol. The summed E-state index contributed by atoms with van der Waals surface area (Å²) >= 11 is 5.87. The van der Waals surface area contributed by atoms with Gasteiger partial charge in [0.15, 0.2) is 6.10 Å². The lowest BCUT2D eigenvalue weighted by Crippen LogP contribution is -2.30. The molecule has 0 bridgehead atoms. The molecule has 0 spiro atoms. The number of anilines is 2. The summed E-state index contributed by atoms with van der Waals surface area (Å²) in [5.41, 5.74) is 1.81. The summed E-state index contributed by atoms with van der Waals surface area (Å²) in [4.78, 5) is 26.2. The fourth-order valence-corrected chi connectivity index (χ4v) is 2.19. The van der Waals surface area contributed by atoms with Crippen LogP contribution in [0.1, 0.15) is 17.3 Å². The van der Waals surface area contributed by atoms with Crippen LogP contribution in [0.15, 0.2) is 48.5 Å². The van der Waals surface area contributed by atoms with Gasteiger partial charge in [-0.15, -0.1) is 0 Å². The van der Waals surface area contributed by atoms with Crippen molar-refractivity contribution < 1.29 is 14.3 Å². The van der Waals surface area contributed by atoms with Crippen LogP contribution in [0.3, 0.4) is 0 Å². The van der Waals surface area contributed by atoms with Crippen molar-refractivity contribution in [3.8, 4) is 0 Å². The molecule has 1 N–H and O–H groups in total. The number of hydrogen-bond acceptors (Lipinski definition) is 4. The third kappa shape index (κ3) is 4.73. The van der Waals surface area contributed by atoms with Gasteiger partial charge in [-0.05, 0) is 43.3 Å². The molecule has 0 radical (unpaired) electrons. The number of esters is 1. The second-order valence-electron chi connectivity index (χ2n) is 5.49. The van der Waals surface area contributed by atoms with Crippen molar-refractivity contribution in [2.24, 2.45) is 0 Å². The van der Waals surface area contributed by atoms with Crippen molar-refractivity contribution in [1.29, 1.82) is 0 Å². The van der Waals surface area contributed by atoms with Crippen molar-refractivity contribution in [3.05, 3.63) is 59.1 Å². The van der Waals surface area contributed by atoms with Crippen molar-refractivity contribution in [2.45, 2.75) is 13.0 Å². The maximum absolute atomic E-state index is 12.2. The number of halogens is 1. The van der Waals surface area contributed by atoms with Gasteiger partial charge < -0.3 is 15.0 Å². The maximum atomic E-state index is 12.2. The smallest absolute Gasteiger partial charge is 0.338 e. The third-order valence-corrected chi connectivity index (χ3v) is 3.58. The molecule has 24 heavy (non-hydrogen) atoms. The van der Waals surface area contributed by atoms with Gasteiger partial charge in [0.25, 0.3) is 5.91 Å². The van der Waals surface area contributed by atoms with Crippen LogP contribution in [-0.2, 0) is 9.53 Å². The summed E-state index contributed by atoms with van der Waals surface area (Å²) in [6, 6.07) is 13.8. The lowest BCUT2D eigenvalue weighted by molar-refractivity contribution is -0.123. The first-order valence-corrected chi connectivity index (χ1v) is 7.79. The van der Waals surface area contributed by atoms with Gasteiger partial charge >= 0.3 is 5.97 Å². The summed E-state index contributed by atoms with van der Waals surface area (Å²) in [6.07, 6.45) is -0.931. The van der Waals surface area contributed by atoms with E-state index >= 15 is 0 Å². The molecule has 2 aromatic carbocycles. The van der Waals surface area contributed by atoms with Gasteiger partial charge in [-0.3, -0.25) is 4.79 Å². The van der Waals surface area contributed by atoms with Crippen molar-refractivity contribution in [3.63, 3.8) is 0 Å². The Kier molecular flexibility index (Phi) is 5.82.